The van der Waals surface area contributed by atoms with Crippen LogP contribution in [0.2, 0.25) is 0 Å². The smallest absolute Gasteiger partial charge is 0.228 e. The standard InChI is InChI=1S/C47H28N2O3/c1-2-10-30-25-32(20-19-29(30)9-1)31-11-7-12-33(26-31)49(35-21-23-37-36-13-3-5-16-41(36)51-45(37)28-35)34-22-24-42-39(27-34)46-38(14-8-18-44(46)50-42)47-48-40-15-4-6-17-43(40)52-47/h1-28H. The first kappa shape index (κ1) is 28.7. The van der Waals surface area contributed by atoms with Gasteiger partial charge in [0.25, 0.3) is 0 Å². The van der Waals surface area contributed by atoms with Crippen molar-refractivity contribution in [2.45, 2.75) is 0 Å². The lowest BCUT2D eigenvalue weighted by atomic mass is 10.00. The lowest BCUT2D eigenvalue weighted by Crippen LogP contribution is -2.10. The highest BCUT2D eigenvalue weighted by Crippen LogP contribution is 2.43. The molecule has 0 unspecified atom stereocenters. The molecule has 0 atom stereocenters. The van der Waals surface area contributed by atoms with Gasteiger partial charge in [0.05, 0.1) is 0 Å². The van der Waals surface area contributed by atoms with Gasteiger partial charge in [0.15, 0.2) is 5.58 Å². The van der Waals surface area contributed by atoms with E-state index in [4.69, 9.17) is 18.2 Å². The summed E-state index contributed by atoms with van der Waals surface area (Å²) in [5.41, 5.74) is 11.0. The maximum atomic E-state index is 6.44. The highest BCUT2D eigenvalue weighted by molar-refractivity contribution is 6.13. The normalized spacial score (nSPS) is 11.8. The number of para-hydroxylation sites is 3. The molecule has 11 aromatic rings. The predicted molar refractivity (Wildman–Crippen MR) is 212 cm³/mol. The molecule has 244 valence electrons. The van der Waals surface area contributed by atoms with Gasteiger partial charge in [-0.15, -0.1) is 0 Å². The van der Waals surface area contributed by atoms with Crippen LogP contribution >= 0.6 is 0 Å². The van der Waals surface area contributed by atoms with Gasteiger partial charge in [0, 0.05) is 50.2 Å². The Morgan fingerprint density at radius 2 is 1.08 bits per heavy atom. The van der Waals surface area contributed by atoms with Crippen molar-refractivity contribution in [2.24, 2.45) is 0 Å². The second-order valence-corrected chi connectivity index (χ2v) is 13.2. The molecule has 0 spiro atoms. The number of hydrogen-bond donors (Lipinski definition) is 0. The average Bonchev–Trinajstić information content (AvgIpc) is 3.91. The van der Waals surface area contributed by atoms with Crippen LogP contribution in [0, 0.1) is 0 Å². The first-order valence-corrected chi connectivity index (χ1v) is 17.4. The number of benzene rings is 8. The lowest BCUT2D eigenvalue weighted by molar-refractivity contribution is 0.620. The number of rotatable bonds is 5. The van der Waals surface area contributed by atoms with E-state index in [1.807, 2.05) is 48.5 Å². The van der Waals surface area contributed by atoms with Gasteiger partial charge in [0.1, 0.15) is 27.8 Å². The van der Waals surface area contributed by atoms with E-state index >= 15 is 0 Å². The van der Waals surface area contributed by atoms with E-state index in [2.05, 4.69) is 126 Å². The van der Waals surface area contributed by atoms with Crippen molar-refractivity contribution in [3.63, 3.8) is 0 Å². The number of oxazole rings is 1. The Kier molecular flexibility index (Phi) is 6.18. The zero-order valence-electron chi connectivity index (χ0n) is 27.8. The third-order valence-corrected chi connectivity index (χ3v) is 10.1. The molecule has 8 aromatic carbocycles. The first-order valence-electron chi connectivity index (χ1n) is 17.4. The highest BCUT2D eigenvalue weighted by atomic mass is 16.4. The number of hydrogen-bond acceptors (Lipinski definition) is 5. The molecule has 0 fully saturated rings. The maximum Gasteiger partial charge on any atom is 0.228 e. The Balaban J connectivity index is 1.12. The lowest BCUT2D eigenvalue weighted by Gasteiger charge is -2.26. The van der Waals surface area contributed by atoms with Crippen LogP contribution in [0.3, 0.4) is 0 Å². The molecule has 5 heteroatoms. The van der Waals surface area contributed by atoms with Gasteiger partial charge in [-0.05, 0) is 101 Å². The molecule has 5 nitrogen and oxygen atoms in total. The van der Waals surface area contributed by atoms with Gasteiger partial charge in [0.2, 0.25) is 5.89 Å². The van der Waals surface area contributed by atoms with E-state index in [0.29, 0.717) is 5.89 Å². The van der Waals surface area contributed by atoms with Gasteiger partial charge < -0.3 is 18.2 Å². The van der Waals surface area contributed by atoms with Gasteiger partial charge in [-0.25, -0.2) is 4.98 Å². The summed E-state index contributed by atoms with van der Waals surface area (Å²) in [5.74, 6) is 0.565. The molecule has 52 heavy (non-hydrogen) atoms. The first-order chi connectivity index (χ1) is 25.7. The summed E-state index contributed by atoms with van der Waals surface area (Å²) >= 11 is 0. The number of anilines is 3. The Labute approximate surface area is 297 Å². The Morgan fingerprint density at radius 3 is 2.02 bits per heavy atom. The van der Waals surface area contributed by atoms with Crippen LogP contribution in [-0.4, -0.2) is 4.98 Å². The summed E-state index contributed by atoms with van der Waals surface area (Å²) in [6.07, 6.45) is 0. The quantitative estimate of drug-likeness (QED) is 0.183. The van der Waals surface area contributed by atoms with Crippen molar-refractivity contribution in [3.05, 3.63) is 170 Å². The summed E-state index contributed by atoms with van der Waals surface area (Å²) in [4.78, 5) is 7.14. The monoisotopic (exact) mass is 668 g/mol. The van der Waals surface area contributed by atoms with Gasteiger partial charge >= 0.3 is 0 Å². The van der Waals surface area contributed by atoms with Gasteiger partial charge in [-0.1, -0.05) is 84.9 Å². The van der Waals surface area contributed by atoms with Crippen molar-refractivity contribution in [2.75, 3.05) is 4.90 Å². The molecule has 0 saturated heterocycles. The number of aromatic nitrogens is 1. The van der Waals surface area contributed by atoms with E-state index in [0.717, 1.165) is 88.7 Å². The number of furan rings is 2. The molecule has 0 amide bonds. The second-order valence-electron chi connectivity index (χ2n) is 13.2. The SMILES string of the molecule is c1cc(-c2ccc3ccccc3c2)cc(N(c2ccc3c(c2)oc2ccccc23)c2ccc3oc4cccc(-c5nc6ccccc6o5)c4c3c2)c1. The van der Waals surface area contributed by atoms with Crippen LogP contribution in [0.4, 0.5) is 17.1 Å². The molecule has 0 radical (unpaired) electrons. The third kappa shape index (κ3) is 4.53. The zero-order chi connectivity index (χ0) is 34.2. The van der Waals surface area contributed by atoms with Gasteiger partial charge in [-0.2, -0.15) is 0 Å². The maximum absolute atomic E-state index is 6.44. The predicted octanol–water partition coefficient (Wildman–Crippen LogP) is 13.6. The largest absolute Gasteiger partial charge is 0.456 e. The average molecular weight is 669 g/mol. The fraction of sp³-hybridized carbons (Fsp3) is 0. The molecule has 0 aliphatic carbocycles. The molecular formula is C47H28N2O3. The van der Waals surface area contributed by atoms with Crippen molar-refractivity contribution in [1.82, 2.24) is 4.98 Å². The minimum Gasteiger partial charge on any atom is -0.456 e. The van der Waals surface area contributed by atoms with Gasteiger partial charge in [-0.3, -0.25) is 0 Å². The molecule has 3 aromatic heterocycles. The Hall–Kier alpha value is -7.11. The van der Waals surface area contributed by atoms with Crippen molar-refractivity contribution >= 4 is 82.8 Å². The number of nitrogens with zero attached hydrogens (tertiary/aromatic N) is 2. The van der Waals surface area contributed by atoms with Crippen molar-refractivity contribution in [3.8, 4) is 22.6 Å². The van der Waals surface area contributed by atoms with Crippen molar-refractivity contribution in [1.29, 1.82) is 0 Å². The van der Waals surface area contributed by atoms with Crippen LogP contribution < -0.4 is 4.90 Å². The minimum absolute atomic E-state index is 0.565. The minimum atomic E-state index is 0.565. The van der Waals surface area contributed by atoms with Crippen LogP contribution in [0.15, 0.2) is 183 Å². The highest BCUT2D eigenvalue weighted by Gasteiger charge is 2.21. The molecule has 0 bridgehead atoms. The van der Waals surface area contributed by atoms with E-state index < -0.39 is 0 Å². The van der Waals surface area contributed by atoms with Crippen LogP contribution in [0.1, 0.15) is 0 Å². The molecule has 3 heterocycles. The Bertz CT molecular complexity index is 3130. The fourth-order valence-corrected chi connectivity index (χ4v) is 7.61. The fourth-order valence-electron chi connectivity index (χ4n) is 7.61. The van der Waals surface area contributed by atoms with E-state index in [9.17, 15) is 0 Å². The molecule has 0 aliphatic heterocycles. The number of fused-ring (bicyclic) bond motifs is 8. The van der Waals surface area contributed by atoms with Crippen LogP contribution in [0.25, 0.3) is 88.3 Å². The molecular weight excluding hydrogens is 641 g/mol. The summed E-state index contributed by atoms with van der Waals surface area (Å²) in [7, 11) is 0. The molecule has 0 aliphatic rings. The van der Waals surface area contributed by atoms with E-state index in [-0.39, 0.29) is 0 Å². The summed E-state index contributed by atoms with van der Waals surface area (Å²) in [6.45, 7) is 0. The topological polar surface area (TPSA) is 55.6 Å². The molecule has 0 N–H and O–H groups in total. The van der Waals surface area contributed by atoms with Crippen LogP contribution in [0.5, 0.6) is 0 Å². The van der Waals surface area contributed by atoms with Crippen molar-refractivity contribution < 1.29 is 13.3 Å². The Morgan fingerprint density at radius 1 is 0.385 bits per heavy atom. The molecule has 0 saturated carbocycles. The van der Waals surface area contributed by atoms with E-state index in [1.54, 1.807) is 0 Å². The van der Waals surface area contributed by atoms with Crippen LogP contribution in [-0.2, 0) is 0 Å². The zero-order valence-corrected chi connectivity index (χ0v) is 27.8. The molecule has 11 rings (SSSR count). The summed E-state index contributed by atoms with van der Waals surface area (Å²) < 4.78 is 19.1. The third-order valence-electron chi connectivity index (χ3n) is 10.1. The summed E-state index contributed by atoms with van der Waals surface area (Å²) in [5, 5.41) is 6.57. The summed E-state index contributed by atoms with van der Waals surface area (Å²) in [6, 6.07) is 58.8. The van der Waals surface area contributed by atoms with E-state index in [1.165, 1.54) is 10.8 Å². The second kappa shape index (κ2) is 11.2.